The van der Waals surface area contributed by atoms with Gasteiger partial charge in [-0.2, -0.15) is 5.10 Å². The lowest BCUT2D eigenvalue weighted by molar-refractivity contribution is 0.267. The molecule has 0 spiro atoms. The molecule has 19 heavy (non-hydrogen) atoms. The fourth-order valence-corrected chi connectivity index (χ4v) is 3.66. The third kappa shape index (κ3) is 3.14. The summed E-state index contributed by atoms with van der Waals surface area (Å²) in [6.07, 6.45) is 3.43. The Morgan fingerprint density at radius 2 is 2.42 bits per heavy atom. The summed E-state index contributed by atoms with van der Waals surface area (Å²) in [7, 11) is -3.63. The standard InChI is InChI=1S/C11H20N4O3S/c1-2-15-5-3-4-10(15)7-13-19(17,18)11-9(8-16)6-12-14-11/h6,10,13,16H,2-5,7-8H2,1H3,(H,12,14). The van der Waals surface area contributed by atoms with E-state index in [2.05, 4.69) is 26.7 Å². The van der Waals surface area contributed by atoms with Gasteiger partial charge in [-0.25, -0.2) is 13.1 Å². The fourth-order valence-electron chi connectivity index (χ4n) is 2.47. The second-order valence-corrected chi connectivity index (χ2v) is 6.36. The molecule has 0 radical (unpaired) electrons. The maximum Gasteiger partial charge on any atom is 0.257 e. The minimum Gasteiger partial charge on any atom is -0.392 e. The molecule has 0 aliphatic carbocycles. The average Bonchev–Trinajstić information content (AvgIpc) is 3.04. The van der Waals surface area contributed by atoms with Gasteiger partial charge in [0.2, 0.25) is 0 Å². The van der Waals surface area contributed by atoms with Gasteiger partial charge in [0, 0.05) is 18.2 Å². The Morgan fingerprint density at radius 3 is 3.11 bits per heavy atom. The first kappa shape index (κ1) is 14.4. The highest BCUT2D eigenvalue weighted by molar-refractivity contribution is 7.89. The van der Waals surface area contributed by atoms with Crippen molar-refractivity contribution in [3.63, 3.8) is 0 Å². The highest BCUT2D eigenvalue weighted by Gasteiger charge is 2.26. The molecular formula is C11H20N4O3S. The first-order valence-electron chi connectivity index (χ1n) is 6.45. The second-order valence-electron chi connectivity index (χ2n) is 4.66. The second kappa shape index (κ2) is 6.00. The van der Waals surface area contributed by atoms with Crippen molar-refractivity contribution < 1.29 is 13.5 Å². The van der Waals surface area contributed by atoms with E-state index in [1.54, 1.807) is 0 Å². The monoisotopic (exact) mass is 288 g/mol. The number of aliphatic hydroxyl groups excluding tert-OH is 1. The van der Waals surface area contributed by atoms with Gasteiger partial charge in [0.1, 0.15) is 0 Å². The van der Waals surface area contributed by atoms with Crippen LogP contribution < -0.4 is 4.72 Å². The number of H-pyrrole nitrogens is 1. The molecule has 7 nitrogen and oxygen atoms in total. The van der Waals surface area contributed by atoms with Crippen molar-refractivity contribution in [2.45, 2.75) is 37.4 Å². The molecule has 108 valence electrons. The third-order valence-corrected chi connectivity index (χ3v) is 4.97. The smallest absolute Gasteiger partial charge is 0.257 e. The van der Waals surface area contributed by atoms with E-state index in [4.69, 9.17) is 5.11 Å². The molecule has 1 fully saturated rings. The van der Waals surface area contributed by atoms with Gasteiger partial charge in [-0.1, -0.05) is 6.92 Å². The van der Waals surface area contributed by atoms with Crippen LogP contribution >= 0.6 is 0 Å². The molecule has 3 N–H and O–H groups in total. The highest BCUT2D eigenvalue weighted by Crippen LogP contribution is 2.17. The van der Waals surface area contributed by atoms with E-state index in [1.807, 2.05) is 0 Å². The quantitative estimate of drug-likeness (QED) is 0.665. The van der Waals surface area contributed by atoms with Crippen LogP contribution in [0.3, 0.4) is 0 Å². The lowest BCUT2D eigenvalue weighted by Crippen LogP contribution is -2.40. The number of nitrogens with one attached hydrogen (secondary N) is 2. The first-order valence-corrected chi connectivity index (χ1v) is 7.93. The number of hydrogen-bond acceptors (Lipinski definition) is 5. The van der Waals surface area contributed by atoms with Gasteiger partial charge in [-0.3, -0.25) is 10.00 Å². The SMILES string of the molecule is CCN1CCCC1CNS(=O)(=O)c1[nH]ncc1CO. The molecule has 1 aliphatic heterocycles. The van der Waals surface area contributed by atoms with Crippen molar-refractivity contribution in [3.8, 4) is 0 Å². The first-order chi connectivity index (χ1) is 9.08. The molecule has 2 heterocycles. The van der Waals surface area contributed by atoms with Crippen LogP contribution in [0, 0.1) is 0 Å². The zero-order valence-corrected chi connectivity index (χ0v) is 11.8. The molecule has 1 atom stereocenters. The molecule has 0 saturated carbocycles. The van der Waals surface area contributed by atoms with Crippen LogP contribution in [0.25, 0.3) is 0 Å². The number of aromatic amines is 1. The number of rotatable bonds is 6. The van der Waals surface area contributed by atoms with E-state index in [0.29, 0.717) is 6.54 Å². The minimum absolute atomic E-state index is 0.0453. The molecule has 1 aromatic rings. The lowest BCUT2D eigenvalue weighted by Gasteiger charge is -2.22. The van der Waals surface area contributed by atoms with Gasteiger partial charge in [0.25, 0.3) is 10.0 Å². The Balaban J connectivity index is 2.02. The van der Waals surface area contributed by atoms with Crippen LogP contribution in [0.15, 0.2) is 11.2 Å². The molecule has 1 aromatic heterocycles. The predicted octanol–water partition coefficient (Wildman–Crippen LogP) is -0.335. The van der Waals surface area contributed by atoms with E-state index >= 15 is 0 Å². The summed E-state index contributed by atoms with van der Waals surface area (Å²) in [5.41, 5.74) is 0.284. The predicted molar refractivity (Wildman–Crippen MR) is 70.0 cm³/mol. The van der Waals surface area contributed by atoms with Crippen molar-refractivity contribution in [2.75, 3.05) is 19.6 Å². The molecule has 0 amide bonds. The van der Waals surface area contributed by atoms with Crippen molar-refractivity contribution in [1.82, 2.24) is 19.8 Å². The van der Waals surface area contributed by atoms with Gasteiger partial charge in [0.15, 0.2) is 5.03 Å². The Morgan fingerprint density at radius 1 is 1.63 bits per heavy atom. The molecule has 2 rings (SSSR count). The molecule has 1 saturated heterocycles. The lowest BCUT2D eigenvalue weighted by atomic mass is 10.2. The maximum atomic E-state index is 12.1. The van der Waals surface area contributed by atoms with Gasteiger partial charge in [0.05, 0.1) is 12.8 Å². The number of sulfonamides is 1. The van der Waals surface area contributed by atoms with Crippen molar-refractivity contribution in [2.24, 2.45) is 0 Å². The summed E-state index contributed by atoms with van der Waals surface area (Å²) in [6.45, 7) is 4.07. The largest absolute Gasteiger partial charge is 0.392 e. The summed E-state index contributed by atoms with van der Waals surface area (Å²) in [5.74, 6) is 0. The van der Waals surface area contributed by atoms with Crippen molar-refractivity contribution in [1.29, 1.82) is 0 Å². The van der Waals surface area contributed by atoms with E-state index in [1.165, 1.54) is 6.20 Å². The van der Waals surface area contributed by atoms with Crippen LogP contribution in [-0.4, -0.2) is 54.3 Å². The minimum atomic E-state index is -3.63. The summed E-state index contributed by atoms with van der Waals surface area (Å²) in [4.78, 5) is 2.27. The number of hydrogen-bond donors (Lipinski definition) is 3. The summed E-state index contributed by atoms with van der Waals surface area (Å²) < 4.78 is 26.8. The molecular weight excluding hydrogens is 268 g/mol. The van der Waals surface area contributed by atoms with Gasteiger partial charge < -0.3 is 5.11 Å². The Bertz CT molecular complexity index is 514. The Hall–Kier alpha value is -0.960. The number of nitrogens with zero attached hydrogens (tertiary/aromatic N) is 2. The normalized spacial score (nSPS) is 21.1. The fraction of sp³-hybridized carbons (Fsp3) is 0.727. The molecule has 8 heteroatoms. The van der Waals surface area contributed by atoms with Crippen LogP contribution in [-0.2, 0) is 16.6 Å². The molecule has 1 unspecified atom stereocenters. The van der Waals surface area contributed by atoms with E-state index < -0.39 is 10.0 Å². The Kier molecular flexibility index (Phi) is 4.56. The number of likely N-dealkylation sites (N-methyl/N-ethyl adjacent to an activating group) is 1. The zero-order chi connectivity index (χ0) is 13.9. The summed E-state index contributed by atoms with van der Waals surface area (Å²) >= 11 is 0. The molecule has 0 bridgehead atoms. The zero-order valence-electron chi connectivity index (χ0n) is 11.0. The number of aromatic nitrogens is 2. The van der Waals surface area contributed by atoms with E-state index in [0.717, 1.165) is 25.9 Å². The van der Waals surface area contributed by atoms with Gasteiger partial charge >= 0.3 is 0 Å². The number of likely N-dealkylation sites (tertiary alicyclic amines) is 1. The van der Waals surface area contributed by atoms with Gasteiger partial charge in [-0.15, -0.1) is 0 Å². The van der Waals surface area contributed by atoms with E-state index in [-0.39, 0.29) is 23.2 Å². The van der Waals surface area contributed by atoms with Crippen molar-refractivity contribution >= 4 is 10.0 Å². The average molecular weight is 288 g/mol. The van der Waals surface area contributed by atoms with E-state index in [9.17, 15) is 8.42 Å². The van der Waals surface area contributed by atoms with Crippen LogP contribution in [0.4, 0.5) is 0 Å². The van der Waals surface area contributed by atoms with Crippen molar-refractivity contribution in [3.05, 3.63) is 11.8 Å². The Labute approximate surface area is 113 Å². The van der Waals surface area contributed by atoms with Gasteiger partial charge in [-0.05, 0) is 25.9 Å². The highest BCUT2D eigenvalue weighted by atomic mass is 32.2. The van der Waals surface area contributed by atoms with Crippen LogP contribution in [0.1, 0.15) is 25.3 Å². The summed E-state index contributed by atoms with van der Waals surface area (Å²) in [6, 6.07) is 0.250. The van der Waals surface area contributed by atoms with Crippen LogP contribution in [0.5, 0.6) is 0 Å². The third-order valence-electron chi connectivity index (χ3n) is 3.53. The topological polar surface area (TPSA) is 98.3 Å². The maximum absolute atomic E-state index is 12.1. The number of aliphatic hydroxyl groups is 1. The van der Waals surface area contributed by atoms with Crippen LogP contribution in [0.2, 0.25) is 0 Å². The summed E-state index contributed by atoms with van der Waals surface area (Å²) in [5, 5.41) is 15.1. The molecule has 1 aliphatic rings. The molecule has 0 aromatic carbocycles.